The maximum Gasteiger partial charge on any atom is 0.161 e. The second kappa shape index (κ2) is 6.18. The maximum absolute atomic E-state index is 5.89. The van der Waals surface area contributed by atoms with Gasteiger partial charge in [-0.3, -0.25) is 0 Å². The highest BCUT2D eigenvalue weighted by atomic mass is 127. The summed E-state index contributed by atoms with van der Waals surface area (Å²) in [5.41, 5.74) is 7.70. The number of benzene rings is 1. The van der Waals surface area contributed by atoms with Gasteiger partial charge in [-0.25, -0.2) is 9.97 Å². The minimum atomic E-state index is 0.517. The lowest BCUT2D eigenvalue weighted by Gasteiger charge is -2.08. The normalized spacial score (nSPS) is 10.5. The fraction of sp³-hybridized carbons (Fsp3) is 0.286. The standard InChI is InChI=1S/C14H16IN3O/c1-3-7-19-11-6-4-5-10(8-11)14-17-9(2)12(15)13(16)18-14/h4-6,8H,3,7H2,1-2H3,(H2,16,17,18). The van der Waals surface area contributed by atoms with E-state index in [0.717, 1.165) is 27.0 Å². The number of halogens is 1. The lowest BCUT2D eigenvalue weighted by molar-refractivity contribution is 0.317. The summed E-state index contributed by atoms with van der Waals surface area (Å²) in [7, 11) is 0. The Bertz CT molecular complexity index is 564. The minimum Gasteiger partial charge on any atom is -0.494 e. The fourth-order valence-corrected chi connectivity index (χ4v) is 1.90. The van der Waals surface area contributed by atoms with Crippen molar-refractivity contribution in [3.63, 3.8) is 0 Å². The highest BCUT2D eigenvalue weighted by Gasteiger charge is 2.09. The number of ether oxygens (including phenoxy) is 1. The molecule has 2 rings (SSSR count). The monoisotopic (exact) mass is 369 g/mol. The third-order valence-electron chi connectivity index (χ3n) is 2.61. The number of anilines is 1. The molecule has 1 aromatic carbocycles. The van der Waals surface area contributed by atoms with E-state index >= 15 is 0 Å². The Hall–Kier alpha value is -1.37. The van der Waals surface area contributed by atoms with Gasteiger partial charge < -0.3 is 10.5 Å². The van der Waals surface area contributed by atoms with Crippen LogP contribution in [0.1, 0.15) is 19.0 Å². The molecule has 0 atom stereocenters. The van der Waals surface area contributed by atoms with E-state index in [-0.39, 0.29) is 0 Å². The van der Waals surface area contributed by atoms with E-state index in [9.17, 15) is 0 Å². The molecule has 2 N–H and O–H groups in total. The quantitative estimate of drug-likeness (QED) is 0.839. The number of nitrogens with two attached hydrogens (primary N) is 1. The molecule has 0 unspecified atom stereocenters. The molecule has 1 heterocycles. The van der Waals surface area contributed by atoms with Gasteiger partial charge in [0.2, 0.25) is 0 Å². The van der Waals surface area contributed by atoms with Crippen LogP contribution >= 0.6 is 22.6 Å². The molecule has 0 radical (unpaired) electrons. The summed E-state index contributed by atoms with van der Waals surface area (Å²) in [6, 6.07) is 7.77. The Kier molecular flexibility index (Phi) is 4.57. The minimum absolute atomic E-state index is 0.517. The summed E-state index contributed by atoms with van der Waals surface area (Å²) in [5.74, 6) is 1.98. The van der Waals surface area contributed by atoms with Crippen molar-refractivity contribution < 1.29 is 4.74 Å². The second-order valence-electron chi connectivity index (χ2n) is 4.21. The van der Waals surface area contributed by atoms with Gasteiger partial charge >= 0.3 is 0 Å². The van der Waals surface area contributed by atoms with Gasteiger partial charge in [-0.15, -0.1) is 0 Å². The lowest BCUT2D eigenvalue weighted by atomic mass is 10.2. The zero-order valence-electron chi connectivity index (χ0n) is 11.0. The molecular formula is C14H16IN3O. The smallest absolute Gasteiger partial charge is 0.161 e. The van der Waals surface area contributed by atoms with Crippen LogP contribution in [0.4, 0.5) is 5.82 Å². The number of hydrogen-bond donors (Lipinski definition) is 1. The zero-order chi connectivity index (χ0) is 13.8. The van der Waals surface area contributed by atoms with E-state index < -0.39 is 0 Å². The summed E-state index contributed by atoms with van der Waals surface area (Å²) in [6.07, 6.45) is 0.982. The third kappa shape index (κ3) is 3.34. The van der Waals surface area contributed by atoms with E-state index in [1.807, 2.05) is 31.2 Å². The Morgan fingerprint density at radius 1 is 1.32 bits per heavy atom. The second-order valence-corrected chi connectivity index (χ2v) is 5.29. The van der Waals surface area contributed by atoms with Crippen molar-refractivity contribution in [3.05, 3.63) is 33.5 Å². The molecular weight excluding hydrogens is 353 g/mol. The van der Waals surface area contributed by atoms with Gasteiger partial charge in [0.25, 0.3) is 0 Å². The Balaban J connectivity index is 2.36. The number of aromatic nitrogens is 2. The van der Waals surface area contributed by atoms with Gasteiger partial charge in [0.1, 0.15) is 11.6 Å². The van der Waals surface area contributed by atoms with Gasteiger partial charge in [-0.1, -0.05) is 19.1 Å². The number of nitrogen functional groups attached to an aromatic ring is 1. The summed E-state index contributed by atoms with van der Waals surface area (Å²) < 4.78 is 6.52. The van der Waals surface area contributed by atoms with Crippen molar-refractivity contribution in [2.75, 3.05) is 12.3 Å². The van der Waals surface area contributed by atoms with Gasteiger partial charge in [-0.2, -0.15) is 0 Å². The maximum atomic E-state index is 5.89. The molecule has 4 nitrogen and oxygen atoms in total. The molecule has 5 heteroatoms. The van der Waals surface area contributed by atoms with Crippen LogP contribution in [-0.4, -0.2) is 16.6 Å². The Morgan fingerprint density at radius 3 is 2.79 bits per heavy atom. The molecule has 0 bridgehead atoms. The number of hydrogen-bond acceptors (Lipinski definition) is 4. The molecule has 0 amide bonds. The van der Waals surface area contributed by atoms with Crippen LogP contribution in [0.5, 0.6) is 5.75 Å². The summed E-state index contributed by atoms with van der Waals surface area (Å²) in [4.78, 5) is 8.80. The molecule has 100 valence electrons. The molecule has 0 saturated carbocycles. The van der Waals surface area contributed by atoms with E-state index in [4.69, 9.17) is 10.5 Å². The lowest BCUT2D eigenvalue weighted by Crippen LogP contribution is -2.02. The number of nitrogens with zero attached hydrogens (tertiary/aromatic N) is 2. The van der Waals surface area contributed by atoms with E-state index in [1.165, 1.54) is 0 Å². The molecule has 0 aliphatic carbocycles. The van der Waals surface area contributed by atoms with Crippen molar-refractivity contribution in [1.29, 1.82) is 0 Å². The Morgan fingerprint density at radius 2 is 2.11 bits per heavy atom. The van der Waals surface area contributed by atoms with Crippen LogP contribution in [0, 0.1) is 10.5 Å². The van der Waals surface area contributed by atoms with Crippen molar-refractivity contribution >= 4 is 28.4 Å². The predicted molar refractivity (Wildman–Crippen MR) is 85.1 cm³/mol. The first-order chi connectivity index (χ1) is 9.11. The molecule has 0 spiro atoms. The van der Waals surface area contributed by atoms with Crippen molar-refractivity contribution in [3.8, 4) is 17.1 Å². The molecule has 2 aromatic rings. The largest absolute Gasteiger partial charge is 0.494 e. The van der Waals surface area contributed by atoms with E-state index in [0.29, 0.717) is 18.2 Å². The first-order valence-corrected chi connectivity index (χ1v) is 7.22. The first-order valence-electron chi connectivity index (χ1n) is 6.14. The molecule has 1 aromatic heterocycles. The highest BCUT2D eigenvalue weighted by Crippen LogP contribution is 2.24. The fourth-order valence-electron chi connectivity index (χ4n) is 1.66. The molecule has 0 fully saturated rings. The van der Waals surface area contributed by atoms with Gasteiger partial charge in [-0.05, 0) is 48.1 Å². The van der Waals surface area contributed by atoms with Gasteiger partial charge in [0.05, 0.1) is 15.9 Å². The predicted octanol–water partition coefficient (Wildman–Crippen LogP) is 3.43. The number of rotatable bonds is 4. The van der Waals surface area contributed by atoms with Crippen molar-refractivity contribution in [2.24, 2.45) is 0 Å². The van der Waals surface area contributed by atoms with Gasteiger partial charge in [0.15, 0.2) is 5.82 Å². The van der Waals surface area contributed by atoms with Crippen LogP contribution in [0.25, 0.3) is 11.4 Å². The third-order valence-corrected chi connectivity index (χ3v) is 3.94. The van der Waals surface area contributed by atoms with Gasteiger partial charge in [0, 0.05) is 5.56 Å². The average Bonchev–Trinajstić information content (AvgIpc) is 2.42. The summed E-state index contributed by atoms with van der Waals surface area (Å²) in [6.45, 7) is 4.72. The van der Waals surface area contributed by atoms with Crippen LogP contribution in [0.2, 0.25) is 0 Å². The molecule has 0 aliphatic rings. The molecule has 0 aliphatic heterocycles. The molecule has 0 saturated heterocycles. The van der Waals surface area contributed by atoms with Crippen molar-refractivity contribution in [2.45, 2.75) is 20.3 Å². The summed E-state index contributed by atoms with van der Waals surface area (Å²) >= 11 is 2.16. The van der Waals surface area contributed by atoms with Crippen LogP contribution in [-0.2, 0) is 0 Å². The van der Waals surface area contributed by atoms with Crippen LogP contribution in [0.3, 0.4) is 0 Å². The van der Waals surface area contributed by atoms with Crippen LogP contribution < -0.4 is 10.5 Å². The van der Waals surface area contributed by atoms with E-state index in [1.54, 1.807) is 0 Å². The van der Waals surface area contributed by atoms with E-state index in [2.05, 4.69) is 39.5 Å². The SMILES string of the molecule is CCCOc1cccc(-c2nc(C)c(I)c(N)n2)c1. The first kappa shape index (κ1) is 14.0. The van der Waals surface area contributed by atoms with Crippen molar-refractivity contribution in [1.82, 2.24) is 9.97 Å². The summed E-state index contributed by atoms with van der Waals surface area (Å²) in [5, 5.41) is 0. The Labute approximate surface area is 126 Å². The molecule has 19 heavy (non-hydrogen) atoms. The highest BCUT2D eigenvalue weighted by molar-refractivity contribution is 14.1. The van der Waals surface area contributed by atoms with Crippen LogP contribution in [0.15, 0.2) is 24.3 Å². The zero-order valence-corrected chi connectivity index (χ0v) is 13.1. The topological polar surface area (TPSA) is 61.0 Å². The number of aryl methyl sites for hydroxylation is 1. The average molecular weight is 369 g/mol.